The summed E-state index contributed by atoms with van der Waals surface area (Å²) in [7, 11) is 0. The van der Waals surface area contributed by atoms with E-state index in [4.69, 9.17) is 56.6 Å². The zero-order chi connectivity index (χ0) is 59.7. The molecule has 0 aromatic carbocycles. The molecule has 0 saturated carbocycles. The Labute approximate surface area is 467 Å². The van der Waals surface area contributed by atoms with E-state index in [0.717, 1.165) is 13.1 Å². The van der Waals surface area contributed by atoms with Crippen molar-refractivity contribution in [2.24, 2.45) is 34.6 Å². The molecular weight excluding hydrogens is 1080 g/mol. The van der Waals surface area contributed by atoms with Crippen molar-refractivity contribution in [3.63, 3.8) is 0 Å². The Morgan fingerprint density at radius 3 is 1.66 bits per heavy atom. The Morgan fingerprint density at radius 1 is 0.671 bits per heavy atom. The standard InChI is InChI=1S/C47H79Cl2N17O13/c1-7-26-36(68)58-27(9-13-50)37(69)59-29(11-15-52)40(72)65-34(43(75)55-8-2)23(6)79-47(46(78)61-28(10-14-51)38(70)62-31(17-21(3)4)41(73)57-26)66-42(74)32(19-54)63-44(76)33(22(5)67)64-39(71)30(12-16-53)60-45(77)35-25(49)18-24(48)20-56-35/h18,20-23,26-34,47,67H,7-17,19,50-54H2,1-6H3,(H,55,75)(H,57,73)(H,58,68)(H,59,69)(H,60,77)(H,61,78)(H,62,70)(H,63,76)(H,64,71)(H,65,72)(H,66,74)/t22?,23-,26+,27+,28+,29+,30+,31-,32+,33+,34?,47+/m1/s1. The molecule has 30 nitrogen and oxygen atoms in total. The van der Waals surface area contributed by atoms with Crippen LogP contribution in [0.15, 0.2) is 12.3 Å². The number of nitrogens with two attached hydrogens (primary N) is 5. The number of nitrogens with one attached hydrogen (secondary N) is 11. The summed E-state index contributed by atoms with van der Waals surface area (Å²) in [6.07, 6.45) is -5.11. The average Bonchev–Trinajstić information content (AvgIpc) is 3.38. The number of hydrogen-bond acceptors (Lipinski definition) is 19. The van der Waals surface area contributed by atoms with E-state index in [1.54, 1.807) is 27.7 Å². The monoisotopic (exact) mass is 1160 g/mol. The van der Waals surface area contributed by atoms with Crippen LogP contribution in [0.1, 0.15) is 90.6 Å². The van der Waals surface area contributed by atoms with Gasteiger partial charge in [0.05, 0.1) is 22.3 Å². The highest BCUT2D eigenvalue weighted by atomic mass is 35.5. The van der Waals surface area contributed by atoms with Crippen LogP contribution in [0.3, 0.4) is 0 Å². The maximum absolute atomic E-state index is 14.5. The number of carbonyl (C=O) groups excluding carboxylic acids is 11. The lowest BCUT2D eigenvalue weighted by Crippen LogP contribution is -2.64. The average molecular weight is 1160 g/mol. The van der Waals surface area contributed by atoms with Gasteiger partial charge in [0.15, 0.2) is 0 Å². The van der Waals surface area contributed by atoms with E-state index in [1.807, 2.05) is 0 Å². The Morgan fingerprint density at radius 2 is 1.18 bits per heavy atom. The summed E-state index contributed by atoms with van der Waals surface area (Å²) in [5.74, 6) is -11.2. The van der Waals surface area contributed by atoms with E-state index in [0.29, 0.717) is 0 Å². The van der Waals surface area contributed by atoms with Gasteiger partial charge in [-0.3, -0.25) is 52.7 Å². The van der Waals surface area contributed by atoms with Gasteiger partial charge in [-0.15, -0.1) is 0 Å². The summed E-state index contributed by atoms with van der Waals surface area (Å²) in [6, 6.07) is -12.5. The molecule has 2 unspecified atom stereocenters. The quantitative estimate of drug-likeness (QED) is 0.0484. The molecule has 0 bridgehead atoms. The number of halogens is 2. The van der Waals surface area contributed by atoms with Crippen LogP contribution in [0.25, 0.3) is 0 Å². The Kier molecular flexibility index (Phi) is 30.1. The van der Waals surface area contributed by atoms with Crippen LogP contribution >= 0.6 is 23.2 Å². The topological polar surface area (TPSA) is 493 Å². The predicted octanol–water partition coefficient (Wildman–Crippen LogP) is -6.45. The molecule has 444 valence electrons. The number of aliphatic hydroxyl groups is 1. The zero-order valence-corrected chi connectivity index (χ0v) is 46.6. The van der Waals surface area contributed by atoms with Gasteiger partial charge in [-0.2, -0.15) is 0 Å². The second-order valence-electron chi connectivity index (χ2n) is 18.8. The lowest BCUT2D eigenvalue weighted by atomic mass is 10.0. The van der Waals surface area contributed by atoms with Crippen molar-refractivity contribution < 1.29 is 62.6 Å². The van der Waals surface area contributed by atoms with E-state index in [-0.39, 0.29) is 92.9 Å². The molecule has 0 aliphatic carbocycles. The number of rotatable bonds is 23. The number of pyridine rings is 1. The van der Waals surface area contributed by atoms with Crippen molar-refractivity contribution in [3.05, 3.63) is 28.0 Å². The number of ether oxygens (including phenoxy) is 1. The molecular formula is C47H79Cl2N17O13. The van der Waals surface area contributed by atoms with Gasteiger partial charge in [0.25, 0.3) is 11.8 Å². The van der Waals surface area contributed by atoms with E-state index in [2.05, 4.69) is 63.5 Å². The lowest BCUT2D eigenvalue weighted by Gasteiger charge is -2.31. The van der Waals surface area contributed by atoms with Crippen LogP contribution in [0.5, 0.6) is 0 Å². The van der Waals surface area contributed by atoms with Crippen molar-refractivity contribution in [1.29, 1.82) is 0 Å². The van der Waals surface area contributed by atoms with Gasteiger partial charge in [-0.05, 0) is 97.5 Å². The van der Waals surface area contributed by atoms with Gasteiger partial charge >= 0.3 is 0 Å². The first-order chi connectivity index (χ1) is 37.3. The van der Waals surface area contributed by atoms with Crippen LogP contribution < -0.4 is 87.2 Å². The number of aliphatic hydroxyl groups excluding tert-OH is 1. The van der Waals surface area contributed by atoms with Gasteiger partial charge in [0.2, 0.25) is 59.4 Å². The Bertz CT molecular complexity index is 2290. The summed E-state index contributed by atoms with van der Waals surface area (Å²) < 4.78 is 6.04. The number of likely N-dealkylation sites (N-methyl/N-ethyl adjacent to an activating group) is 1. The summed E-state index contributed by atoms with van der Waals surface area (Å²) in [5, 5.41) is 37.7. The summed E-state index contributed by atoms with van der Waals surface area (Å²) in [5.41, 5.74) is 28.9. The molecule has 12 atom stereocenters. The van der Waals surface area contributed by atoms with Gasteiger partial charge < -0.3 is 97.0 Å². The normalized spacial score (nSPS) is 23.5. The minimum absolute atomic E-state index is 0.00958. The van der Waals surface area contributed by atoms with E-state index in [1.165, 1.54) is 13.0 Å². The second kappa shape index (κ2) is 34.6. The van der Waals surface area contributed by atoms with Crippen LogP contribution in [-0.4, -0.2) is 187 Å². The van der Waals surface area contributed by atoms with Gasteiger partial charge in [-0.1, -0.05) is 44.0 Å². The molecule has 11 amide bonds. The van der Waals surface area contributed by atoms with Gasteiger partial charge in [-0.25, -0.2) is 4.98 Å². The molecule has 2 rings (SSSR count). The molecule has 32 heteroatoms. The minimum Gasteiger partial charge on any atom is -0.391 e. The number of amides is 11. The lowest BCUT2D eigenvalue weighted by molar-refractivity contribution is -0.151. The molecule has 1 fully saturated rings. The second-order valence-corrected chi connectivity index (χ2v) is 19.6. The molecule has 1 aliphatic rings. The van der Waals surface area contributed by atoms with Crippen molar-refractivity contribution in [2.45, 2.75) is 153 Å². The summed E-state index contributed by atoms with van der Waals surface area (Å²) >= 11 is 12.0. The van der Waals surface area contributed by atoms with Gasteiger partial charge in [0, 0.05) is 19.3 Å². The largest absolute Gasteiger partial charge is 0.391 e. The molecule has 22 N–H and O–H groups in total. The molecule has 1 aromatic rings. The molecule has 0 radical (unpaired) electrons. The SMILES string of the molecule is CCNC(=O)C1NC(=O)[C@H](CCN)NC(=O)[C@H](CCN)NC(=O)[C@H](CC)NC(=O)[C@@H](CC(C)C)NC(=O)[C@H](CCN)NC(=O)[C@@H](NC(=O)[C@H](CN)NC(=O)[C@@H](NC(=O)[C@H](CCN)NC(=O)c2ncc(Cl)cc2Cl)C(C)O)O[C@@H]1C. The third-order valence-corrected chi connectivity index (χ3v) is 12.4. The van der Waals surface area contributed by atoms with E-state index < -0.39 is 144 Å². The summed E-state index contributed by atoms with van der Waals surface area (Å²) in [4.78, 5) is 156. The molecule has 1 aromatic heterocycles. The highest BCUT2D eigenvalue weighted by Crippen LogP contribution is 2.19. The van der Waals surface area contributed by atoms with Crippen LogP contribution in [0.2, 0.25) is 10.0 Å². The number of carbonyl (C=O) groups is 11. The number of nitrogens with zero attached hydrogens (tertiary/aromatic N) is 1. The zero-order valence-electron chi connectivity index (χ0n) is 45.1. The van der Waals surface area contributed by atoms with Crippen molar-refractivity contribution in [3.8, 4) is 0 Å². The highest BCUT2D eigenvalue weighted by Gasteiger charge is 2.39. The van der Waals surface area contributed by atoms with Crippen LogP contribution in [0, 0.1) is 5.92 Å². The number of hydrogen-bond donors (Lipinski definition) is 17. The first kappa shape index (κ1) is 68.7. The molecule has 2 heterocycles. The maximum Gasteiger partial charge on any atom is 0.272 e. The third-order valence-electron chi connectivity index (χ3n) is 11.9. The van der Waals surface area contributed by atoms with Crippen LogP contribution in [0.4, 0.5) is 0 Å². The summed E-state index contributed by atoms with van der Waals surface area (Å²) in [6.45, 7) is 7.65. The fourth-order valence-electron chi connectivity index (χ4n) is 7.71. The molecule has 0 spiro atoms. The van der Waals surface area contributed by atoms with E-state index in [9.17, 15) is 57.8 Å². The third kappa shape index (κ3) is 22.0. The Hall–Kier alpha value is -6.38. The van der Waals surface area contributed by atoms with Crippen molar-refractivity contribution >= 4 is 88.2 Å². The predicted molar refractivity (Wildman–Crippen MR) is 287 cm³/mol. The van der Waals surface area contributed by atoms with Crippen molar-refractivity contribution in [1.82, 2.24) is 63.5 Å². The minimum atomic E-state index is -2.23. The molecule has 79 heavy (non-hydrogen) atoms. The smallest absolute Gasteiger partial charge is 0.272 e. The fraction of sp³-hybridized carbons (Fsp3) is 0.660. The fourth-order valence-corrected chi connectivity index (χ4v) is 8.18. The highest BCUT2D eigenvalue weighted by molar-refractivity contribution is 6.36. The Balaban J connectivity index is 2.70. The van der Waals surface area contributed by atoms with E-state index >= 15 is 0 Å². The first-order valence-electron chi connectivity index (χ1n) is 25.8. The molecule has 1 saturated heterocycles. The maximum atomic E-state index is 14.5. The molecule has 1 aliphatic heterocycles. The van der Waals surface area contributed by atoms with Crippen molar-refractivity contribution in [2.75, 3.05) is 39.3 Å². The first-order valence-corrected chi connectivity index (χ1v) is 26.5. The van der Waals surface area contributed by atoms with Crippen LogP contribution in [-0.2, 0) is 52.7 Å². The number of aromatic nitrogens is 1. The van der Waals surface area contributed by atoms with Gasteiger partial charge in [0.1, 0.15) is 60.1 Å².